The molecule has 0 bridgehead atoms. The van der Waals surface area contributed by atoms with Gasteiger partial charge in [0.25, 0.3) is 0 Å². The summed E-state index contributed by atoms with van der Waals surface area (Å²) < 4.78 is 38.6. The molecule has 0 saturated heterocycles. The van der Waals surface area contributed by atoms with Gasteiger partial charge < -0.3 is 10.2 Å². The van der Waals surface area contributed by atoms with Crippen molar-refractivity contribution in [2.75, 3.05) is 0 Å². The molecule has 0 amide bonds. The summed E-state index contributed by atoms with van der Waals surface area (Å²) in [5.41, 5.74) is -0.0333. The largest absolute Gasteiger partial charge is 0.414 e. The highest BCUT2D eigenvalue weighted by Crippen LogP contribution is 2.65. The molecule has 0 spiro atoms. The lowest BCUT2D eigenvalue weighted by Gasteiger charge is -2.56. The first-order valence-electron chi connectivity index (χ1n) is 10.6. The van der Waals surface area contributed by atoms with Crippen molar-refractivity contribution < 1.29 is 23.4 Å². The molecule has 4 saturated carbocycles. The van der Waals surface area contributed by atoms with Gasteiger partial charge in [0.1, 0.15) is 6.10 Å². The highest BCUT2D eigenvalue weighted by Gasteiger charge is 2.57. The Morgan fingerprint density at radius 3 is 2.42 bits per heavy atom. The van der Waals surface area contributed by atoms with Crippen LogP contribution in [0.1, 0.15) is 71.1 Å². The van der Waals surface area contributed by atoms with Gasteiger partial charge in [-0.1, -0.05) is 6.92 Å². The van der Waals surface area contributed by atoms with Crippen molar-refractivity contribution in [1.29, 1.82) is 0 Å². The van der Waals surface area contributed by atoms with E-state index in [-0.39, 0.29) is 23.9 Å². The Hall–Kier alpha value is -0.290. The van der Waals surface area contributed by atoms with E-state index in [4.69, 9.17) is 0 Å². The fourth-order valence-corrected chi connectivity index (χ4v) is 7.73. The van der Waals surface area contributed by atoms with E-state index < -0.39 is 12.3 Å². The normalized spacial score (nSPS) is 49.8. The Morgan fingerprint density at radius 1 is 0.962 bits per heavy atom. The number of halogens is 3. The third-order valence-corrected chi connectivity index (χ3v) is 9.01. The fourth-order valence-electron chi connectivity index (χ4n) is 7.73. The Morgan fingerprint density at radius 2 is 1.69 bits per heavy atom. The minimum atomic E-state index is -4.49. The minimum Gasteiger partial charge on any atom is -0.393 e. The Kier molecular flexibility index (Phi) is 4.87. The molecule has 2 nitrogen and oxygen atoms in total. The Balaban J connectivity index is 1.48. The zero-order valence-electron chi connectivity index (χ0n) is 15.7. The second-order valence-electron chi connectivity index (χ2n) is 10.0. The molecule has 0 aromatic heterocycles. The molecule has 8 unspecified atom stereocenters. The van der Waals surface area contributed by atoms with Crippen LogP contribution in [0.25, 0.3) is 0 Å². The zero-order chi connectivity index (χ0) is 18.7. The first-order valence-corrected chi connectivity index (χ1v) is 10.6. The highest BCUT2D eigenvalue weighted by molar-refractivity contribution is 5.06. The number of aliphatic hydroxyl groups is 2. The first kappa shape index (κ1) is 19.0. The van der Waals surface area contributed by atoms with Crippen molar-refractivity contribution in [2.24, 2.45) is 40.9 Å². The predicted octanol–water partition coefficient (Wildman–Crippen LogP) is 4.93. The summed E-state index contributed by atoms with van der Waals surface area (Å²) in [4.78, 5) is 0. The van der Waals surface area contributed by atoms with Crippen LogP contribution in [0.15, 0.2) is 0 Å². The second-order valence-corrected chi connectivity index (χ2v) is 10.0. The molecule has 4 rings (SSSR count). The van der Waals surface area contributed by atoms with Crippen LogP contribution in [0.4, 0.5) is 13.2 Å². The third-order valence-electron chi connectivity index (χ3n) is 9.01. The van der Waals surface area contributed by atoms with Gasteiger partial charge in [-0.15, -0.1) is 0 Å². The molecule has 9 atom stereocenters. The molecule has 0 radical (unpaired) electrons. The second kappa shape index (κ2) is 6.65. The summed E-state index contributed by atoms with van der Waals surface area (Å²) >= 11 is 0. The summed E-state index contributed by atoms with van der Waals surface area (Å²) in [6.45, 7) is 2.21. The van der Waals surface area contributed by atoms with Gasteiger partial charge in [-0.05, 0) is 105 Å². The Labute approximate surface area is 154 Å². The van der Waals surface area contributed by atoms with Crippen molar-refractivity contribution >= 4 is 0 Å². The molecule has 0 aromatic carbocycles. The van der Waals surface area contributed by atoms with E-state index in [0.717, 1.165) is 50.9 Å². The SMILES string of the molecule is CC12CCC3C4CCC(O)CC4CC[C@H]3C1CCC2CC(O)C(F)(F)F. The van der Waals surface area contributed by atoms with Crippen LogP contribution in [0, 0.1) is 40.9 Å². The van der Waals surface area contributed by atoms with Gasteiger partial charge in [0, 0.05) is 0 Å². The average molecular weight is 374 g/mol. The van der Waals surface area contributed by atoms with Crippen LogP contribution in [-0.4, -0.2) is 28.6 Å². The smallest absolute Gasteiger partial charge is 0.393 e. The number of rotatable bonds is 2. The van der Waals surface area contributed by atoms with Crippen molar-refractivity contribution in [1.82, 2.24) is 0 Å². The molecule has 4 aliphatic rings. The zero-order valence-corrected chi connectivity index (χ0v) is 15.7. The number of aliphatic hydroxyl groups excluding tert-OH is 2. The summed E-state index contributed by atoms with van der Waals surface area (Å²) in [5, 5.41) is 19.6. The van der Waals surface area contributed by atoms with Gasteiger partial charge in [-0.2, -0.15) is 13.2 Å². The van der Waals surface area contributed by atoms with Crippen LogP contribution in [-0.2, 0) is 0 Å². The van der Waals surface area contributed by atoms with E-state index in [2.05, 4.69) is 6.92 Å². The number of fused-ring (bicyclic) bond motifs is 5. The molecule has 0 heterocycles. The number of hydrogen-bond acceptors (Lipinski definition) is 2. The van der Waals surface area contributed by atoms with Gasteiger partial charge in [-0.3, -0.25) is 0 Å². The molecule has 4 aliphatic carbocycles. The summed E-state index contributed by atoms with van der Waals surface area (Å²) in [6, 6.07) is 0. The average Bonchev–Trinajstić information content (AvgIpc) is 2.90. The molecular formula is C21H33F3O2. The third kappa shape index (κ3) is 3.11. The van der Waals surface area contributed by atoms with Crippen LogP contribution < -0.4 is 0 Å². The van der Waals surface area contributed by atoms with Gasteiger partial charge in [0.05, 0.1) is 6.10 Å². The van der Waals surface area contributed by atoms with Gasteiger partial charge in [0.15, 0.2) is 0 Å². The molecule has 2 N–H and O–H groups in total. The lowest BCUT2D eigenvalue weighted by Crippen LogP contribution is -2.49. The van der Waals surface area contributed by atoms with E-state index in [1.165, 1.54) is 12.8 Å². The molecule has 150 valence electrons. The molecule has 4 fully saturated rings. The minimum absolute atomic E-state index is 0.00373. The van der Waals surface area contributed by atoms with E-state index >= 15 is 0 Å². The molecule has 0 aliphatic heterocycles. The predicted molar refractivity (Wildman–Crippen MR) is 93.3 cm³/mol. The van der Waals surface area contributed by atoms with Gasteiger partial charge in [0.2, 0.25) is 0 Å². The molecular weight excluding hydrogens is 341 g/mol. The van der Waals surface area contributed by atoms with E-state index in [9.17, 15) is 23.4 Å². The monoisotopic (exact) mass is 374 g/mol. The van der Waals surface area contributed by atoms with Crippen molar-refractivity contribution in [3.63, 3.8) is 0 Å². The number of hydrogen-bond donors (Lipinski definition) is 2. The first-order chi connectivity index (χ1) is 12.2. The summed E-state index contributed by atoms with van der Waals surface area (Å²) in [5.74, 6) is 3.27. The summed E-state index contributed by atoms with van der Waals surface area (Å²) in [6.07, 6.45) is 2.50. The van der Waals surface area contributed by atoms with Gasteiger partial charge in [-0.25, -0.2) is 0 Å². The van der Waals surface area contributed by atoms with Crippen molar-refractivity contribution in [2.45, 2.75) is 89.5 Å². The van der Waals surface area contributed by atoms with Crippen LogP contribution >= 0.6 is 0 Å². The topological polar surface area (TPSA) is 40.5 Å². The maximum Gasteiger partial charge on any atom is 0.414 e. The molecule has 26 heavy (non-hydrogen) atoms. The number of alkyl halides is 3. The van der Waals surface area contributed by atoms with E-state index in [1.807, 2.05) is 0 Å². The maximum absolute atomic E-state index is 12.9. The van der Waals surface area contributed by atoms with E-state index in [0.29, 0.717) is 23.7 Å². The highest BCUT2D eigenvalue weighted by atomic mass is 19.4. The van der Waals surface area contributed by atoms with Crippen LogP contribution in [0.5, 0.6) is 0 Å². The molecule has 5 heteroatoms. The van der Waals surface area contributed by atoms with Crippen LogP contribution in [0.2, 0.25) is 0 Å². The maximum atomic E-state index is 12.9. The van der Waals surface area contributed by atoms with Crippen molar-refractivity contribution in [3.8, 4) is 0 Å². The summed E-state index contributed by atoms with van der Waals surface area (Å²) in [7, 11) is 0. The van der Waals surface area contributed by atoms with E-state index in [1.54, 1.807) is 0 Å². The standard InChI is InChI=1S/C21H33F3O2/c1-20-9-8-16-15-6-4-14(25)10-12(15)2-5-17(16)18(20)7-3-13(20)11-19(26)21(22,23)24/h12-19,25-26H,2-11H2,1H3/t12?,13?,14?,15?,16?,17-,18?,19?,20?/m1/s1. The lowest BCUT2D eigenvalue weighted by atomic mass is 9.49. The van der Waals surface area contributed by atoms with Crippen LogP contribution in [0.3, 0.4) is 0 Å². The fraction of sp³-hybridized carbons (Fsp3) is 1.00. The quantitative estimate of drug-likeness (QED) is 0.719. The lowest BCUT2D eigenvalue weighted by molar-refractivity contribution is -0.211. The Bertz CT molecular complexity index is 522. The molecule has 0 aromatic rings. The van der Waals surface area contributed by atoms with Gasteiger partial charge >= 0.3 is 6.18 Å². The van der Waals surface area contributed by atoms with Crippen molar-refractivity contribution in [3.05, 3.63) is 0 Å².